The summed E-state index contributed by atoms with van der Waals surface area (Å²) >= 11 is 0. The van der Waals surface area contributed by atoms with Crippen molar-refractivity contribution in [2.75, 3.05) is 6.54 Å². The molecule has 2 rings (SSSR count). The van der Waals surface area contributed by atoms with Crippen molar-refractivity contribution in [1.29, 1.82) is 0 Å². The van der Waals surface area contributed by atoms with Gasteiger partial charge in [0.15, 0.2) is 0 Å². The Bertz CT molecular complexity index is 262. The second-order valence-electron chi connectivity index (χ2n) is 4.62. The van der Waals surface area contributed by atoms with Crippen LogP contribution in [0.1, 0.15) is 32.1 Å². The third-order valence-electron chi connectivity index (χ3n) is 3.31. The molecule has 0 radical (unpaired) electrons. The van der Waals surface area contributed by atoms with E-state index in [9.17, 15) is 13.6 Å². The minimum absolute atomic E-state index is 0.00863. The van der Waals surface area contributed by atoms with Gasteiger partial charge in [0.05, 0.1) is 13.0 Å². The zero-order chi connectivity index (χ0) is 11.1. The summed E-state index contributed by atoms with van der Waals surface area (Å²) < 4.78 is 26.0. The van der Waals surface area contributed by atoms with Crippen molar-refractivity contribution in [2.45, 2.75) is 50.1 Å². The van der Waals surface area contributed by atoms with Gasteiger partial charge in [-0.2, -0.15) is 0 Å². The van der Waals surface area contributed by atoms with Crippen LogP contribution in [0, 0.1) is 0 Å². The van der Waals surface area contributed by atoms with Gasteiger partial charge < -0.3 is 10.6 Å². The van der Waals surface area contributed by atoms with Crippen molar-refractivity contribution >= 4 is 5.91 Å². The first kappa shape index (κ1) is 10.8. The molecule has 86 valence electrons. The lowest BCUT2D eigenvalue weighted by Crippen LogP contribution is -2.42. The average Bonchev–Trinajstić information content (AvgIpc) is 2.41. The molecule has 1 aliphatic heterocycles. The molecular formula is C10H16F2N2O. The average molecular weight is 218 g/mol. The number of likely N-dealkylation sites (tertiary alicyclic amines) is 1. The molecule has 0 spiro atoms. The summed E-state index contributed by atoms with van der Waals surface area (Å²) in [7, 11) is 0. The third kappa shape index (κ3) is 2.27. The van der Waals surface area contributed by atoms with Crippen LogP contribution in [0.3, 0.4) is 0 Å². The van der Waals surface area contributed by atoms with Gasteiger partial charge in [0.25, 0.3) is 5.92 Å². The van der Waals surface area contributed by atoms with E-state index >= 15 is 0 Å². The summed E-state index contributed by atoms with van der Waals surface area (Å²) in [5.74, 6) is -3.23. The maximum atomic E-state index is 13.0. The molecule has 2 N–H and O–H groups in total. The van der Waals surface area contributed by atoms with Crippen LogP contribution in [0.15, 0.2) is 0 Å². The summed E-state index contributed by atoms with van der Waals surface area (Å²) in [5, 5.41) is 0. The number of halogens is 2. The van der Waals surface area contributed by atoms with E-state index in [1.54, 1.807) is 0 Å². The molecule has 15 heavy (non-hydrogen) atoms. The first-order valence-electron chi connectivity index (χ1n) is 5.41. The molecule has 0 unspecified atom stereocenters. The van der Waals surface area contributed by atoms with Crippen LogP contribution >= 0.6 is 0 Å². The molecule has 1 aliphatic carbocycles. The summed E-state index contributed by atoms with van der Waals surface area (Å²) in [6.45, 7) is -0.397. The monoisotopic (exact) mass is 218 g/mol. The standard InChI is InChI=1S/C10H16F2N2O/c11-10(12)5-9(15)14(6-10)8-3-1-7(13)2-4-8/h7-8H,1-6,13H2. The molecule has 0 bridgehead atoms. The number of carbonyl (C=O) groups excluding carboxylic acids is 1. The van der Waals surface area contributed by atoms with Crippen LogP contribution in [0.2, 0.25) is 0 Å². The number of nitrogens with two attached hydrogens (primary N) is 1. The molecule has 0 aromatic carbocycles. The molecule has 5 heteroatoms. The van der Waals surface area contributed by atoms with E-state index in [0.717, 1.165) is 25.7 Å². The van der Waals surface area contributed by atoms with E-state index in [0.29, 0.717) is 0 Å². The fourth-order valence-corrected chi connectivity index (χ4v) is 2.46. The van der Waals surface area contributed by atoms with Crippen molar-refractivity contribution in [3.05, 3.63) is 0 Å². The van der Waals surface area contributed by atoms with E-state index < -0.39 is 24.8 Å². The van der Waals surface area contributed by atoms with E-state index in [-0.39, 0.29) is 12.1 Å². The molecular weight excluding hydrogens is 202 g/mol. The highest BCUT2D eigenvalue weighted by Crippen LogP contribution is 2.33. The topological polar surface area (TPSA) is 46.3 Å². The van der Waals surface area contributed by atoms with E-state index in [1.165, 1.54) is 4.90 Å². The van der Waals surface area contributed by atoms with Crippen LogP contribution in [0.25, 0.3) is 0 Å². The van der Waals surface area contributed by atoms with Gasteiger partial charge in [0.1, 0.15) is 0 Å². The molecule has 0 aromatic rings. The van der Waals surface area contributed by atoms with Crippen molar-refractivity contribution in [3.63, 3.8) is 0 Å². The molecule has 1 amide bonds. The summed E-state index contributed by atoms with van der Waals surface area (Å²) in [6, 6.07) is 0.171. The highest BCUT2D eigenvalue weighted by atomic mass is 19.3. The number of carbonyl (C=O) groups is 1. The lowest BCUT2D eigenvalue weighted by atomic mass is 9.91. The van der Waals surface area contributed by atoms with Crippen LogP contribution in [0.4, 0.5) is 8.78 Å². The van der Waals surface area contributed by atoms with Crippen LogP contribution < -0.4 is 5.73 Å². The minimum atomic E-state index is -2.82. The van der Waals surface area contributed by atoms with Gasteiger partial charge >= 0.3 is 0 Å². The summed E-state index contributed by atoms with van der Waals surface area (Å²) in [5.41, 5.74) is 5.73. The Hall–Kier alpha value is -0.710. The van der Waals surface area contributed by atoms with Crippen LogP contribution in [0.5, 0.6) is 0 Å². The zero-order valence-electron chi connectivity index (χ0n) is 8.59. The molecule has 1 heterocycles. The summed E-state index contributed by atoms with van der Waals surface area (Å²) in [4.78, 5) is 12.7. The second kappa shape index (κ2) is 3.70. The quantitative estimate of drug-likeness (QED) is 0.717. The maximum absolute atomic E-state index is 13.0. The Morgan fingerprint density at radius 3 is 2.33 bits per heavy atom. The molecule has 0 atom stereocenters. The Morgan fingerprint density at radius 2 is 1.87 bits per heavy atom. The van der Waals surface area contributed by atoms with Crippen molar-refractivity contribution in [1.82, 2.24) is 4.90 Å². The lowest BCUT2D eigenvalue weighted by Gasteiger charge is -2.33. The van der Waals surface area contributed by atoms with Gasteiger partial charge in [-0.3, -0.25) is 4.79 Å². The number of alkyl halides is 2. The minimum Gasteiger partial charge on any atom is -0.333 e. The van der Waals surface area contributed by atoms with Gasteiger partial charge in [-0.25, -0.2) is 8.78 Å². The van der Waals surface area contributed by atoms with Crippen molar-refractivity contribution in [2.24, 2.45) is 5.73 Å². The largest absolute Gasteiger partial charge is 0.333 e. The predicted octanol–water partition coefficient (Wildman–Crippen LogP) is 1.12. The van der Waals surface area contributed by atoms with Crippen molar-refractivity contribution in [3.8, 4) is 0 Å². The van der Waals surface area contributed by atoms with Crippen LogP contribution in [-0.2, 0) is 4.79 Å². The van der Waals surface area contributed by atoms with Gasteiger partial charge in [-0.1, -0.05) is 0 Å². The molecule has 2 fully saturated rings. The number of amides is 1. The van der Waals surface area contributed by atoms with Gasteiger partial charge in [-0.15, -0.1) is 0 Å². The van der Waals surface area contributed by atoms with Crippen LogP contribution in [-0.4, -0.2) is 35.4 Å². The number of nitrogens with zero attached hydrogens (tertiary/aromatic N) is 1. The lowest BCUT2D eigenvalue weighted by molar-refractivity contribution is -0.130. The molecule has 1 saturated heterocycles. The first-order chi connectivity index (χ1) is 6.98. The first-order valence-corrected chi connectivity index (χ1v) is 5.41. The van der Waals surface area contributed by atoms with E-state index in [4.69, 9.17) is 5.73 Å². The Kier molecular flexibility index (Phi) is 2.66. The highest BCUT2D eigenvalue weighted by Gasteiger charge is 2.46. The Morgan fingerprint density at radius 1 is 1.27 bits per heavy atom. The molecule has 2 aliphatic rings. The summed E-state index contributed by atoms with van der Waals surface area (Å²) in [6.07, 6.45) is 2.58. The van der Waals surface area contributed by atoms with Crippen molar-refractivity contribution < 1.29 is 13.6 Å². The number of rotatable bonds is 1. The molecule has 3 nitrogen and oxygen atoms in total. The van der Waals surface area contributed by atoms with E-state index in [1.807, 2.05) is 0 Å². The SMILES string of the molecule is NC1CCC(N2CC(F)(F)CC2=O)CC1. The van der Waals surface area contributed by atoms with E-state index in [2.05, 4.69) is 0 Å². The highest BCUT2D eigenvalue weighted by molar-refractivity contribution is 5.80. The maximum Gasteiger partial charge on any atom is 0.274 e. The number of hydrogen-bond acceptors (Lipinski definition) is 2. The predicted molar refractivity (Wildman–Crippen MR) is 51.5 cm³/mol. The zero-order valence-corrected chi connectivity index (χ0v) is 8.59. The Balaban J connectivity index is 1.97. The second-order valence-corrected chi connectivity index (χ2v) is 4.62. The fourth-order valence-electron chi connectivity index (χ4n) is 2.46. The molecule has 1 saturated carbocycles. The van der Waals surface area contributed by atoms with Gasteiger partial charge in [0.2, 0.25) is 5.91 Å². The smallest absolute Gasteiger partial charge is 0.274 e. The Labute approximate surface area is 87.6 Å². The molecule has 0 aromatic heterocycles. The third-order valence-corrected chi connectivity index (χ3v) is 3.31. The number of hydrogen-bond donors (Lipinski definition) is 1. The van der Waals surface area contributed by atoms with Gasteiger partial charge in [-0.05, 0) is 25.7 Å². The van der Waals surface area contributed by atoms with Gasteiger partial charge in [0, 0.05) is 12.1 Å². The normalized spacial score (nSPS) is 35.9. The fraction of sp³-hybridized carbons (Fsp3) is 0.900.